The lowest BCUT2D eigenvalue weighted by Crippen LogP contribution is -2.32. The van der Waals surface area contributed by atoms with Gasteiger partial charge in [0.15, 0.2) is 5.13 Å². The number of anilines is 1. The Balaban J connectivity index is 1.45. The van der Waals surface area contributed by atoms with E-state index in [0.717, 1.165) is 36.3 Å². The number of ether oxygens (including phenoxy) is 1. The molecule has 120 valence electrons. The van der Waals surface area contributed by atoms with Gasteiger partial charge in [-0.05, 0) is 37.3 Å². The molecule has 1 aromatic carbocycles. The van der Waals surface area contributed by atoms with E-state index in [0.29, 0.717) is 18.2 Å². The van der Waals surface area contributed by atoms with Gasteiger partial charge in [0, 0.05) is 10.9 Å². The van der Waals surface area contributed by atoms with Gasteiger partial charge in [0.05, 0.1) is 11.6 Å². The number of aryl methyl sites for hydroxylation is 1. The second-order valence-electron chi connectivity index (χ2n) is 6.20. The number of nitrogens with zero attached hydrogens (tertiary/aromatic N) is 1. The summed E-state index contributed by atoms with van der Waals surface area (Å²) in [6, 6.07) is 8.10. The number of carbonyl (C=O) groups is 1. The molecule has 1 unspecified atom stereocenters. The summed E-state index contributed by atoms with van der Waals surface area (Å²) < 4.78 is 5.70. The molecule has 0 fully saturated rings. The smallest absolute Gasteiger partial charge is 0.233 e. The van der Waals surface area contributed by atoms with Crippen LogP contribution in [0.25, 0.3) is 0 Å². The summed E-state index contributed by atoms with van der Waals surface area (Å²) in [6.07, 6.45) is 3.45. The number of carbonyl (C=O) groups excluding carboxylic acids is 1. The Morgan fingerprint density at radius 1 is 1.35 bits per heavy atom. The van der Waals surface area contributed by atoms with Crippen LogP contribution in [0.4, 0.5) is 5.13 Å². The number of hydrogen-bond donors (Lipinski definition) is 2. The SMILES string of the molecule is N[C@H]1CCc2nc(NC(=O)C3COc4ccccc4C3)sc2C1. The van der Waals surface area contributed by atoms with E-state index in [2.05, 4.69) is 10.3 Å². The van der Waals surface area contributed by atoms with Crippen molar-refractivity contribution < 1.29 is 9.53 Å². The van der Waals surface area contributed by atoms with Gasteiger partial charge in [-0.15, -0.1) is 11.3 Å². The van der Waals surface area contributed by atoms with Crippen LogP contribution in [0.2, 0.25) is 0 Å². The molecular formula is C17H19N3O2S. The molecule has 3 N–H and O–H groups in total. The Morgan fingerprint density at radius 2 is 2.22 bits per heavy atom. The van der Waals surface area contributed by atoms with Crippen LogP contribution in [-0.2, 0) is 24.1 Å². The molecule has 0 saturated heterocycles. The Labute approximate surface area is 138 Å². The normalized spacial score (nSPS) is 22.7. The molecule has 0 spiro atoms. The number of benzene rings is 1. The number of para-hydroxylation sites is 1. The standard InChI is InChI=1S/C17H19N3O2S/c18-12-5-6-13-15(8-12)23-17(19-13)20-16(21)11-7-10-3-1-2-4-14(10)22-9-11/h1-4,11-12H,5-9,18H2,(H,19,20,21)/t11?,12-/m0/s1. The van der Waals surface area contributed by atoms with Gasteiger partial charge < -0.3 is 15.8 Å². The van der Waals surface area contributed by atoms with Crippen LogP contribution in [-0.4, -0.2) is 23.5 Å². The lowest BCUT2D eigenvalue weighted by molar-refractivity contribution is -0.121. The molecule has 1 aliphatic carbocycles. The molecule has 2 heterocycles. The monoisotopic (exact) mass is 329 g/mol. The van der Waals surface area contributed by atoms with E-state index in [1.165, 1.54) is 4.88 Å². The van der Waals surface area contributed by atoms with Crippen molar-refractivity contribution in [3.8, 4) is 5.75 Å². The van der Waals surface area contributed by atoms with E-state index in [1.807, 2.05) is 24.3 Å². The van der Waals surface area contributed by atoms with Gasteiger partial charge in [0.2, 0.25) is 5.91 Å². The summed E-state index contributed by atoms with van der Waals surface area (Å²) in [5, 5.41) is 3.65. The molecule has 0 bridgehead atoms. The molecule has 5 nitrogen and oxygen atoms in total. The van der Waals surface area contributed by atoms with Crippen molar-refractivity contribution in [1.29, 1.82) is 0 Å². The van der Waals surface area contributed by atoms with Gasteiger partial charge in [-0.3, -0.25) is 4.79 Å². The maximum absolute atomic E-state index is 12.5. The Hall–Kier alpha value is -1.92. The number of aromatic nitrogens is 1. The minimum absolute atomic E-state index is 0.0186. The van der Waals surface area contributed by atoms with Crippen LogP contribution in [0.1, 0.15) is 22.6 Å². The molecule has 2 aromatic rings. The van der Waals surface area contributed by atoms with Crippen molar-refractivity contribution in [2.75, 3.05) is 11.9 Å². The van der Waals surface area contributed by atoms with Crippen LogP contribution in [0.3, 0.4) is 0 Å². The van der Waals surface area contributed by atoms with Gasteiger partial charge in [0.1, 0.15) is 12.4 Å². The van der Waals surface area contributed by atoms with E-state index < -0.39 is 0 Å². The van der Waals surface area contributed by atoms with Gasteiger partial charge in [-0.1, -0.05) is 18.2 Å². The van der Waals surface area contributed by atoms with Crippen molar-refractivity contribution in [2.24, 2.45) is 11.7 Å². The molecule has 1 aliphatic heterocycles. The minimum Gasteiger partial charge on any atom is -0.492 e. The van der Waals surface area contributed by atoms with Gasteiger partial charge in [-0.2, -0.15) is 0 Å². The van der Waals surface area contributed by atoms with Gasteiger partial charge in [0.25, 0.3) is 0 Å². The molecule has 2 atom stereocenters. The molecule has 1 amide bonds. The average Bonchev–Trinajstić information content (AvgIpc) is 2.95. The van der Waals surface area contributed by atoms with Crippen LogP contribution in [0, 0.1) is 5.92 Å². The largest absolute Gasteiger partial charge is 0.492 e. The fourth-order valence-corrected chi connectivity index (χ4v) is 4.26. The molecule has 23 heavy (non-hydrogen) atoms. The number of fused-ring (bicyclic) bond motifs is 2. The number of hydrogen-bond acceptors (Lipinski definition) is 5. The van der Waals surface area contributed by atoms with E-state index in [1.54, 1.807) is 11.3 Å². The number of amides is 1. The molecule has 6 heteroatoms. The zero-order chi connectivity index (χ0) is 15.8. The Bertz CT molecular complexity index is 743. The van der Waals surface area contributed by atoms with Crippen molar-refractivity contribution in [1.82, 2.24) is 4.98 Å². The zero-order valence-electron chi connectivity index (χ0n) is 12.7. The van der Waals surface area contributed by atoms with E-state index >= 15 is 0 Å². The topological polar surface area (TPSA) is 77.2 Å². The third-order valence-corrected chi connectivity index (χ3v) is 5.49. The first-order valence-corrected chi connectivity index (χ1v) is 8.76. The number of thiazole rings is 1. The van der Waals surface area contributed by atoms with Crippen molar-refractivity contribution in [3.63, 3.8) is 0 Å². The van der Waals surface area contributed by atoms with Gasteiger partial charge in [-0.25, -0.2) is 4.98 Å². The van der Waals surface area contributed by atoms with Crippen molar-refractivity contribution in [3.05, 3.63) is 40.4 Å². The van der Waals surface area contributed by atoms with Crippen molar-refractivity contribution >= 4 is 22.4 Å². The molecule has 4 rings (SSSR count). The first-order chi connectivity index (χ1) is 11.2. The highest BCUT2D eigenvalue weighted by Gasteiger charge is 2.27. The highest BCUT2D eigenvalue weighted by Crippen LogP contribution is 2.31. The highest BCUT2D eigenvalue weighted by molar-refractivity contribution is 7.15. The number of rotatable bonds is 2. The third kappa shape index (κ3) is 2.96. The summed E-state index contributed by atoms with van der Waals surface area (Å²) >= 11 is 1.55. The molecule has 0 saturated carbocycles. The van der Waals surface area contributed by atoms with Crippen LogP contribution >= 0.6 is 11.3 Å². The fourth-order valence-electron chi connectivity index (χ4n) is 3.16. The average molecular weight is 329 g/mol. The maximum atomic E-state index is 12.5. The summed E-state index contributed by atoms with van der Waals surface area (Å²) in [5.74, 6) is 0.693. The summed E-state index contributed by atoms with van der Waals surface area (Å²) in [6.45, 7) is 0.415. The Kier molecular flexibility index (Phi) is 3.79. The number of nitrogens with one attached hydrogen (secondary N) is 1. The molecule has 2 aliphatic rings. The third-order valence-electron chi connectivity index (χ3n) is 4.46. The second-order valence-corrected chi connectivity index (χ2v) is 7.28. The van der Waals surface area contributed by atoms with Gasteiger partial charge >= 0.3 is 0 Å². The van der Waals surface area contributed by atoms with Crippen LogP contribution < -0.4 is 15.8 Å². The second kappa shape index (κ2) is 5.94. The maximum Gasteiger partial charge on any atom is 0.233 e. The summed E-state index contributed by atoms with van der Waals surface area (Å²) in [7, 11) is 0. The highest BCUT2D eigenvalue weighted by atomic mass is 32.1. The quantitative estimate of drug-likeness (QED) is 0.885. The van der Waals surface area contributed by atoms with Crippen LogP contribution in [0.15, 0.2) is 24.3 Å². The number of nitrogens with two attached hydrogens (primary N) is 1. The lowest BCUT2D eigenvalue weighted by Gasteiger charge is -2.24. The minimum atomic E-state index is -0.173. The zero-order valence-corrected chi connectivity index (χ0v) is 13.6. The summed E-state index contributed by atoms with van der Waals surface area (Å²) in [4.78, 5) is 18.3. The first-order valence-electron chi connectivity index (χ1n) is 7.95. The lowest BCUT2D eigenvalue weighted by atomic mass is 9.96. The molecular weight excluding hydrogens is 310 g/mol. The van der Waals surface area contributed by atoms with E-state index in [9.17, 15) is 4.79 Å². The van der Waals surface area contributed by atoms with Crippen molar-refractivity contribution in [2.45, 2.75) is 31.7 Å². The summed E-state index contributed by atoms with van der Waals surface area (Å²) in [5.41, 5.74) is 8.18. The fraction of sp³-hybridized carbons (Fsp3) is 0.412. The molecule has 1 aromatic heterocycles. The van der Waals surface area contributed by atoms with E-state index in [-0.39, 0.29) is 17.9 Å². The van der Waals surface area contributed by atoms with Crippen LogP contribution in [0.5, 0.6) is 5.75 Å². The Morgan fingerprint density at radius 3 is 3.13 bits per heavy atom. The predicted octanol–water partition coefficient (Wildman–Crippen LogP) is 2.15. The molecule has 0 radical (unpaired) electrons. The first kappa shape index (κ1) is 14.7. The predicted molar refractivity (Wildman–Crippen MR) is 89.9 cm³/mol. The van der Waals surface area contributed by atoms with E-state index in [4.69, 9.17) is 10.5 Å².